The highest BCUT2D eigenvalue weighted by Crippen LogP contribution is 2.41. The summed E-state index contributed by atoms with van der Waals surface area (Å²) in [5, 5.41) is 7.51. The van der Waals surface area contributed by atoms with Crippen molar-refractivity contribution in [3.8, 4) is 39.1 Å². The number of hydrogen-bond donors (Lipinski definition) is 0. The molecule has 11 aromatic rings. The van der Waals surface area contributed by atoms with Crippen LogP contribution >= 0.6 is 0 Å². The van der Waals surface area contributed by atoms with E-state index in [1.807, 2.05) is 0 Å². The number of para-hydroxylation sites is 2. The van der Waals surface area contributed by atoms with Crippen molar-refractivity contribution in [2.75, 3.05) is 4.90 Å². The monoisotopic (exact) mass is 738 g/mol. The van der Waals surface area contributed by atoms with Gasteiger partial charge in [-0.2, -0.15) is 0 Å². The molecule has 272 valence electrons. The maximum absolute atomic E-state index is 2.39. The second kappa shape index (κ2) is 14.1. The van der Waals surface area contributed by atoms with Crippen molar-refractivity contribution in [1.82, 2.24) is 4.57 Å². The van der Waals surface area contributed by atoms with E-state index in [1.54, 1.807) is 0 Å². The van der Waals surface area contributed by atoms with Crippen molar-refractivity contribution in [3.05, 3.63) is 231 Å². The lowest BCUT2D eigenvalue weighted by Crippen LogP contribution is -2.10. The standard InChI is InChI=1S/C56H38N2/c1-3-24-49-39(14-1)16-12-28-51(49)41-32-34-45(35-33-41)57(47-22-11-20-44(38-47)52-29-13-17-40-15-2-4-25-50(40)52)46-21-9-18-42(36-46)43-19-10-23-48(37-43)58-55-30-7-5-26-53(55)54-27-6-8-31-56(54)58/h1-38H. The van der Waals surface area contributed by atoms with Crippen LogP contribution in [0.25, 0.3) is 82.4 Å². The van der Waals surface area contributed by atoms with Gasteiger partial charge in [0.15, 0.2) is 0 Å². The topological polar surface area (TPSA) is 8.17 Å². The lowest BCUT2D eigenvalue weighted by Gasteiger charge is -2.27. The van der Waals surface area contributed by atoms with Gasteiger partial charge in [-0.05, 0) is 116 Å². The molecule has 11 rings (SSSR count). The first-order valence-corrected chi connectivity index (χ1v) is 19.9. The van der Waals surface area contributed by atoms with Gasteiger partial charge in [-0.15, -0.1) is 0 Å². The van der Waals surface area contributed by atoms with E-state index >= 15 is 0 Å². The fourth-order valence-corrected chi connectivity index (χ4v) is 8.85. The molecule has 0 radical (unpaired) electrons. The minimum absolute atomic E-state index is 1.09. The van der Waals surface area contributed by atoms with E-state index in [0.717, 1.165) is 33.9 Å². The lowest BCUT2D eigenvalue weighted by molar-refractivity contribution is 1.18. The number of nitrogens with zero attached hydrogens (tertiary/aromatic N) is 2. The highest BCUT2D eigenvalue weighted by Gasteiger charge is 2.17. The Kier molecular flexibility index (Phi) is 8.19. The van der Waals surface area contributed by atoms with Crippen molar-refractivity contribution in [1.29, 1.82) is 0 Å². The largest absolute Gasteiger partial charge is 0.310 e. The molecule has 0 bridgehead atoms. The van der Waals surface area contributed by atoms with Gasteiger partial charge >= 0.3 is 0 Å². The van der Waals surface area contributed by atoms with Crippen LogP contribution in [0.15, 0.2) is 231 Å². The highest BCUT2D eigenvalue weighted by atomic mass is 15.1. The molecular formula is C56H38N2. The number of aromatic nitrogens is 1. The molecule has 58 heavy (non-hydrogen) atoms. The molecule has 0 aliphatic heterocycles. The number of hydrogen-bond acceptors (Lipinski definition) is 1. The van der Waals surface area contributed by atoms with Gasteiger partial charge in [-0.25, -0.2) is 0 Å². The van der Waals surface area contributed by atoms with Gasteiger partial charge in [-0.3, -0.25) is 0 Å². The summed E-state index contributed by atoms with van der Waals surface area (Å²) in [4.78, 5) is 2.39. The van der Waals surface area contributed by atoms with Crippen molar-refractivity contribution < 1.29 is 0 Å². The normalized spacial score (nSPS) is 11.4. The van der Waals surface area contributed by atoms with E-state index in [4.69, 9.17) is 0 Å². The average Bonchev–Trinajstić information content (AvgIpc) is 3.64. The van der Waals surface area contributed by atoms with E-state index in [0.29, 0.717) is 0 Å². The third-order valence-corrected chi connectivity index (χ3v) is 11.6. The highest BCUT2D eigenvalue weighted by molar-refractivity contribution is 6.09. The Balaban J connectivity index is 1.04. The number of anilines is 3. The molecular weight excluding hydrogens is 701 g/mol. The molecule has 2 heteroatoms. The first-order chi connectivity index (χ1) is 28.8. The van der Waals surface area contributed by atoms with Gasteiger partial charge in [0.05, 0.1) is 11.0 Å². The zero-order chi connectivity index (χ0) is 38.4. The molecule has 0 unspecified atom stereocenters. The summed E-state index contributed by atoms with van der Waals surface area (Å²) in [6, 6.07) is 83.7. The second-order valence-electron chi connectivity index (χ2n) is 15.0. The minimum atomic E-state index is 1.09. The van der Waals surface area contributed by atoms with Crippen molar-refractivity contribution in [2.45, 2.75) is 0 Å². The molecule has 1 aromatic heterocycles. The molecule has 0 amide bonds. The van der Waals surface area contributed by atoms with Crippen LogP contribution in [-0.4, -0.2) is 4.57 Å². The van der Waals surface area contributed by atoms with Crippen LogP contribution in [-0.2, 0) is 0 Å². The van der Waals surface area contributed by atoms with Gasteiger partial charge in [0.25, 0.3) is 0 Å². The zero-order valence-electron chi connectivity index (χ0n) is 31.8. The fourth-order valence-electron chi connectivity index (χ4n) is 8.85. The minimum Gasteiger partial charge on any atom is -0.310 e. The van der Waals surface area contributed by atoms with Crippen LogP contribution in [0.4, 0.5) is 17.1 Å². The Morgan fingerprint density at radius 1 is 0.276 bits per heavy atom. The molecule has 0 atom stereocenters. The van der Waals surface area contributed by atoms with Gasteiger partial charge in [-0.1, -0.05) is 170 Å². The van der Waals surface area contributed by atoms with Gasteiger partial charge < -0.3 is 9.47 Å². The van der Waals surface area contributed by atoms with E-state index in [-0.39, 0.29) is 0 Å². The summed E-state index contributed by atoms with van der Waals surface area (Å²) in [6.07, 6.45) is 0. The molecule has 0 N–H and O–H groups in total. The van der Waals surface area contributed by atoms with Crippen molar-refractivity contribution >= 4 is 60.4 Å². The molecule has 0 saturated carbocycles. The average molecular weight is 739 g/mol. The van der Waals surface area contributed by atoms with E-state index < -0.39 is 0 Å². The van der Waals surface area contributed by atoms with Gasteiger partial charge in [0.2, 0.25) is 0 Å². The smallest absolute Gasteiger partial charge is 0.0541 e. The Labute approximate surface area is 338 Å². The van der Waals surface area contributed by atoms with E-state index in [9.17, 15) is 0 Å². The second-order valence-corrected chi connectivity index (χ2v) is 15.0. The Hall–Kier alpha value is -7.68. The van der Waals surface area contributed by atoms with Crippen LogP contribution in [0.2, 0.25) is 0 Å². The van der Waals surface area contributed by atoms with E-state index in [1.165, 1.54) is 65.6 Å². The molecule has 0 fully saturated rings. The van der Waals surface area contributed by atoms with Crippen LogP contribution in [0.1, 0.15) is 0 Å². The maximum Gasteiger partial charge on any atom is 0.0541 e. The van der Waals surface area contributed by atoms with Crippen LogP contribution in [0.3, 0.4) is 0 Å². The molecule has 1 heterocycles. The quantitative estimate of drug-likeness (QED) is 0.158. The lowest BCUT2D eigenvalue weighted by atomic mass is 9.97. The molecule has 0 spiro atoms. The SMILES string of the molecule is c1cc(-c2cccc(-n3c4ccccc4c4ccccc43)c2)cc(N(c2ccc(-c3cccc4ccccc34)cc2)c2cccc(-c3cccc4ccccc34)c2)c1. The summed E-state index contributed by atoms with van der Waals surface area (Å²) in [6.45, 7) is 0. The van der Waals surface area contributed by atoms with Crippen molar-refractivity contribution in [2.24, 2.45) is 0 Å². The van der Waals surface area contributed by atoms with Gasteiger partial charge in [0.1, 0.15) is 0 Å². The Bertz CT molecular complexity index is 3230. The number of benzene rings is 10. The summed E-state index contributed by atoms with van der Waals surface area (Å²) < 4.78 is 2.39. The Morgan fingerprint density at radius 3 is 1.34 bits per heavy atom. The molecule has 0 aliphatic carbocycles. The summed E-state index contributed by atoms with van der Waals surface area (Å²) in [5.74, 6) is 0. The van der Waals surface area contributed by atoms with E-state index in [2.05, 4.69) is 240 Å². The molecule has 0 saturated heterocycles. The number of fused-ring (bicyclic) bond motifs is 5. The summed E-state index contributed by atoms with van der Waals surface area (Å²) in [7, 11) is 0. The third kappa shape index (κ3) is 5.82. The zero-order valence-corrected chi connectivity index (χ0v) is 31.8. The van der Waals surface area contributed by atoms with Crippen molar-refractivity contribution in [3.63, 3.8) is 0 Å². The number of rotatable bonds is 7. The maximum atomic E-state index is 2.39. The summed E-state index contributed by atoms with van der Waals surface area (Å²) >= 11 is 0. The summed E-state index contributed by atoms with van der Waals surface area (Å²) in [5.41, 5.74) is 14.0. The van der Waals surface area contributed by atoms with Crippen LogP contribution in [0, 0.1) is 0 Å². The van der Waals surface area contributed by atoms with Crippen LogP contribution < -0.4 is 4.90 Å². The van der Waals surface area contributed by atoms with Gasteiger partial charge in [0, 0.05) is 33.5 Å². The first kappa shape index (κ1) is 33.6. The third-order valence-electron chi connectivity index (χ3n) is 11.6. The Morgan fingerprint density at radius 2 is 0.724 bits per heavy atom. The predicted octanol–water partition coefficient (Wildman–Crippen LogP) is 15.6. The first-order valence-electron chi connectivity index (χ1n) is 19.9. The molecule has 0 aliphatic rings. The predicted molar refractivity (Wildman–Crippen MR) is 247 cm³/mol. The molecule has 10 aromatic carbocycles. The van der Waals surface area contributed by atoms with Crippen LogP contribution in [0.5, 0.6) is 0 Å². The molecule has 2 nitrogen and oxygen atoms in total. The fraction of sp³-hybridized carbons (Fsp3) is 0.